The Labute approximate surface area is 110 Å². The lowest BCUT2D eigenvalue weighted by atomic mass is 9.83. The summed E-state index contributed by atoms with van der Waals surface area (Å²) in [5.41, 5.74) is 0.856. The van der Waals surface area contributed by atoms with Gasteiger partial charge in [0.1, 0.15) is 11.6 Å². The van der Waals surface area contributed by atoms with E-state index in [2.05, 4.69) is 0 Å². The van der Waals surface area contributed by atoms with Crippen molar-refractivity contribution in [1.29, 1.82) is 0 Å². The molecule has 19 heavy (non-hydrogen) atoms. The topological polar surface area (TPSA) is 26.3 Å². The van der Waals surface area contributed by atoms with Gasteiger partial charge in [-0.25, -0.2) is 8.78 Å². The molecule has 4 atom stereocenters. The molecule has 102 valence electrons. The number of hydrogen-bond donors (Lipinski definition) is 0. The van der Waals surface area contributed by atoms with Gasteiger partial charge < -0.3 is 4.74 Å². The normalized spacial score (nSPS) is 31.4. The number of carbonyl (C=O) groups excluding carboxylic acids is 1. The summed E-state index contributed by atoms with van der Waals surface area (Å²) in [5.74, 6) is -1.46. The minimum atomic E-state index is -0.398. The van der Waals surface area contributed by atoms with Crippen LogP contribution in [0, 0.1) is 23.5 Å². The summed E-state index contributed by atoms with van der Waals surface area (Å²) < 4.78 is 32.9. The molecule has 3 rings (SSSR count). The van der Waals surface area contributed by atoms with Crippen LogP contribution in [0.4, 0.5) is 8.78 Å². The van der Waals surface area contributed by atoms with Crippen LogP contribution in [0.5, 0.6) is 0 Å². The number of halogens is 2. The summed E-state index contributed by atoms with van der Waals surface area (Å²) in [6, 6.07) is 2.33. The number of carbonyl (C=O) groups is 1. The molecule has 0 bridgehead atoms. The molecule has 4 unspecified atom stereocenters. The van der Waals surface area contributed by atoms with Gasteiger partial charge in [0.05, 0.1) is 12.5 Å². The Balaban J connectivity index is 2.00. The lowest BCUT2D eigenvalue weighted by molar-refractivity contribution is -0.145. The van der Waals surface area contributed by atoms with E-state index in [1.807, 2.05) is 6.92 Å². The van der Waals surface area contributed by atoms with Crippen molar-refractivity contribution in [1.82, 2.24) is 0 Å². The molecule has 4 heteroatoms. The van der Waals surface area contributed by atoms with Crippen molar-refractivity contribution < 1.29 is 18.3 Å². The Morgan fingerprint density at radius 3 is 2.58 bits per heavy atom. The molecule has 2 aliphatic carbocycles. The smallest absolute Gasteiger partial charge is 0.309 e. The van der Waals surface area contributed by atoms with Crippen LogP contribution in [-0.2, 0) is 9.53 Å². The number of hydrogen-bond acceptors (Lipinski definition) is 2. The number of ether oxygens (including phenoxy) is 1. The molecule has 1 aromatic rings. The third kappa shape index (κ3) is 1.77. The van der Waals surface area contributed by atoms with Crippen LogP contribution in [0.1, 0.15) is 43.2 Å². The monoisotopic (exact) mass is 266 g/mol. The van der Waals surface area contributed by atoms with Crippen molar-refractivity contribution >= 4 is 5.97 Å². The standard InChI is InChI=1S/C15H16F2O2/c1-3-19-15(18)13-8-6-7(2)11-9(16)4-5-10(17)14(11)12(8)13/h4-5,7-8,12-13H,3,6H2,1-2H3. The zero-order valence-corrected chi connectivity index (χ0v) is 11.0. The second-order valence-electron chi connectivity index (χ2n) is 5.46. The van der Waals surface area contributed by atoms with Crippen LogP contribution < -0.4 is 0 Å². The van der Waals surface area contributed by atoms with Crippen LogP contribution in [-0.4, -0.2) is 12.6 Å². The van der Waals surface area contributed by atoms with Crippen molar-refractivity contribution in [3.8, 4) is 0 Å². The predicted octanol–water partition coefficient (Wildman–Crippen LogP) is 3.36. The molecule has 1 aromatic carbocycles. The maximum atomic E-state index is 14.0. The minimum absolute atomic E-state index is 0.0497. The Kier molecular flexibility index (Phi) is 2.84. The van der Waals surface area contributed by atoms with Gasteiger partial charge in [0.2, 0.25) is 0 Å². The Morgan fingerprint density at radius 1 is 1.32 bits per heavy atom. The highest BCUT2D eigenvalue weighted by Crippen LogP contribution is 2.63. The zero-order valence-electron chi connectivity index (χ0n) is 11.0. The highest BCUT2D eigenvalue weighted by molar-refractivity contribution is 5.79. The zero-order chi connectivity index (χ0) is 13.7. The molecule has 0 radical (unpaired) electrons. The van der Waals surface area contributed by atoms with Gasteiger partial charge in [-0.05, 0) is 48.4 Å². The summed E-state index contributed by atoms with van der Waals surface area (Å²) in [5, 5.41) is 0. The van der Waals surface area contributed by atoms with Crippen LogP contribution >= 0.6 is 0 Å². The summed E-state index contributed by atoms with van der Waals surface area (Å²) in [6.07, 6.45) is 0.724. The van der Waals surface area contributed by atoms with E-state index < -0.39 is 5.82 Å². The van der Waals surface area contributed by atoms with Gasteiger partial charge >= 0.3 is 5.97 Å². The second-order valence-corrected chi connectivity index (χ2v) is 5.46. The van der Waals surface area contributed by atoms with E-state index in [-0.39, 0.29) is 35.5 Å². The average molecular weight is 266 g/mol. The van der Waals surface area contributed by atoms with E-state index in [0.717, 1.165) is 12.5 Å². The molecule has 0 saturated heterocycles. The quantitative estimate of drug-likeness (QED) is 0.767. The van der Waals surface area contributed by atoms with Gasteiger partial charge in [-0.2, -0.15) is 0 Å². The van der Waals surface area contributed by atoms with Crippen molar-refractivity contribution in [3.63, 3.8) is 0 Å². The van der Waals surface area contributed by atoms with Crippen molar-refractivity contribution in [2.75, 3.05) is 6.61 Å². The minimum Gasteiger partial charge on any atom is -0.466 e. The Bertz CT molecular complexity index is 541. The highest BCUT2D eigenvalue weighted by atomic mass is 19.1. The molecule has 0 N–H and O–H groups in total. The maximum Gasteiger partial charge on any atom is 0.309 e. The van der Waals surface area contributed by atoms with Crippen LogP contribution in [0.2, 0.25) is 0 Å². The molecule has 0 amide bonds. The summed E-state index contributed by atoms with van der Waals surface area (Å²) in [4.78, 5) is 11.8. The van der Waals surface area contributed by atoms with Crippen LogP contribution in [0.25, 0.3) is 0 Å². The van der Waals surface area contributed by atoms with Gasteiger partial charge in [0.25, 0.3) is 0 Å². The van der Waals surface area contributed by atoms with E-state index in [1.165, 1.54) is 6.07 Å². The molecule has 0 spiro atoms. The predicted molar refractivity (Wildman–Crippen MR) is 65.7 cm³/mol. The summed E-state index contributed by atoms with van der Waals surface area (Å²) in [7, 11) is 0. The van der Waals surface area contributed by atoms with Crippen molar-refractivity contribution in [2.45, 2.75) is 32.1 Å². The molecule has 2 aliphatic rings. The number of benzene rings is 1. The van der Waals surface area contributed by atoms with Crippen molar-refractivity contribution in [3.05, 3.63) is 34.9 Å². The molecule has 0 aliphatic heterocycles. The molecule has 1 fully saturated rings. The molecule has 2 nitrogen and oxygen atoms in total. The van der Waals surface area contributed by atoms with Gasteiger partial charge in [0, 0.05) is 5.92 Å². The lowest BCUT2D eigenvalue weighted by Crippen LogP contribution is -2.11. The molecule has 0 aromatic heterocycles. The number of esters is 1. The highest BCUT2D eigenvalue weighted by Gasteiger charge is 2.60. The van der Waals surface area contributed by atoms with Gasteiger partial charge in [-0.3, -0.25) is 4.79 Å². The first-order valence-corrected chi connectivity index (χ1v) is 6.70. The first-order chi connectivity index (χ1) is 9.06. The fourth-order valence-corrected chi connectivity index (χ4v) is 3.57. The Hall–Kier alpha value is -1.45. The van der Waals surface area contributed by atoms with Gasteiger partial charge in [-0.15, -0.1) is 0 Å². The summed E-state index contributed by atoms with van der Waals surface area (Å²) in [6.45, 7) is 3.96. The first kappa shape index (κ1) is 12.6. The third-order valence-corrected chi connectivity index (χ3v) is 4.36. The van der Waals surface area contributed by atoms with Crippen molar-refractivity contribution in [2.24, 2.45) is 11.8 Å². The van der Waals surface area contributed by atoms with E-state index in [4.69, 9.17) is 4.74 Å². The largest absolute Gasteiger partial charge is 0.466 e. The Morgan fingerprint density at radius 2 is 1.95 bits per heavy atom. The average Bonchev–Trinajstić information content (AvgIpc) is 3.07. The van der Waals surface area contributed by atoms with E-state index in [1.54, 1.807) is 6.92 Å². The summed E-state index contributed by atoms with van der Waals surface area (Å²) >= 11 is 0. The molecular weight excluding hydrogens is 250 g/mol. The second kappa shape index (κ2) is 4.29. The number of fused-ring (bicyclic) bond motifs is 3. The van der Waals surface area contributed by atoms with E-state index in [9.17, 15) is 13.6 Å². The third-order valence-electron chi connectivity index (χ3n) is 4.36. The maximum absolute atomic E-state index is 14.0. The van der Waals surface area contributed by atoms with Gasteiger partial charge in [0.15, 0.2) is 0 Å². The van der Waals surface area contributed by atoms with Crippen LogP contribution in [0.3, 0.4) is 0 Å². The van der Waals surface area contributed by atoms with Gasteiger partial charge in [-0.1, -0.05) is 6.92 Å². The van der Waals surface area contributed by atoms with E-state index in [0.29, 0.717) is 17.7 Å². The molecule has 1 saturated carbocycles. The SMILES string of the molecule is CCOC(=O)C1C2CC(C)c3c(F)ccc(F)c3C21. The fraction of sp³-hybridized carbons (Fsp3) is 0.533. The number of rotatable bonds is 2. The fourth-order valence-electron chi connectivity index (χ4n) is 3.57. The van der Waals surface area contributed by atoms with E-state index >= 15 is 0 Å². The molecular formula is C15H16F2O2. The molecule has 0 heterocycles. The first-order valence-electron chi connectivity index (χ1n) is 6.70. The van der Waals surface area contributed by atoms with Crippen LogP contribution in [0.15, 0.2) is 12.1 Å². The lowest BCUT2D eigenvalue weighted by Gasteiger charge is -2.22.